The molecule has 3 aromatic rings. The number of carbonyl (C=O) groups excluding carboxylic acids is 2. The van der Waals surface area contributed by atoms with E-state index in [0.717, 1.165) is 27.8 Å². The largest absolute Gasteiger partial charge is 0.457 e. The lowest BCUT2D eigenvalue weighted by molar-refractivity contribution is -0.123. The number of carbonyl (C=O) groups is 2. The van der Waals surface area contributed by atoms with Crippen LogP contribution in [0.15, 0.2) is 63.9 Å². The van der Waals surface area contributed by atoms with E-state index in [9.17, 15) is 14.0 Å². The number of amides is 2. The summed E-state index contributed by atoms with van der Waals surface area (Å²) in [6, 6.07) is 14.8. The van der Waals surface area contributed by atoms with Gasteiger partial charge in [-0.2, -0.15) is 0 Å². The molecule has 0 spiro atoms. The number of imide groups is 1. The first kappa shape index (κ1) is 19.5. The third-order valence-corrected chi connectivity index (χ3v) is 5.80. The van der Waals surface area contributed by atoms with E-state index in [0.29, 0.717) is 22.1 Å². The summed E-state index contributed by atoms with van der Waals surface area (Å²) in [5.74, 6) is 0.305. The van der Waals surface area contributed by atoms with Crippen LogP contribution in [0.2, 0.25) is 5.02 Å². The van der Waals surface area contributed by atoms with Crippen LogP contribution in [-0.2, 0) is 11.3 Å². The fourth-order valence-corrected chi connectivity index (χ4v) is 3.87. The SMILES string of the molecule is Cc1ccc(-c2ccc(/C=C3\SC(=O)N(Cc4ccc(F)cc4)C3=O)o2)cc1Cl. The van der Waals surface area contributed by atoms with Gasteiger partial charge in [0.25, 0.3) is 11.1 Å². The van der Waals surface area contributed by atoms with Gasteiger partial charge in [0, 0.05) is 16.7 Å². The van der Waals surface area contributed by atoms with Crippen LogP contribution in [0, 0.1) is 12.7 Å². The molecular formula is C22H15ClFNO3S. The number of hydrogen-bond acceptors (Lipinski definition) is 4. The fraction of sp³-hybridized carbons (Fsp3) is 0.0909. The van der Waals surface area contributed by atoms with E-state index in [4.69, 9.17) is 16.0 Å². The first-order valence-corrected chi connectivity index (χ1v) is 9.96. The Labute approximate surface area is 176 Å². The molecule has 2 heterocycles. The maximum absolute atomic E-state index is 13.0. The van der Waals surface area contributed by atoms with Crippen LogP contribution in [0.25, 0.3) is 17.4 Å². The molecule has 1 fully saturated rings. The average Bonchev–Trinajstić information content (AvgIpc) is 3.26. The molecule has 0 atom stereocenters. The van der Waals surface area contributed by atoms with E-state index in [1.807, 2.05) is 25.1 Å². The van der Waals surface area contributed by atoms with Gasteiger partial charge in [0.2, 0.25) is 0 Å². The Hall–Kier alpha value is -2.83. The van der Waals surface area contributed by atoms with E-state index >= 15 is 0 Å². The number of aryl methyl sites for hydroxylation is 1. The second-order valence-electron chi connectivity index (χ2n) is 6.56. The van der Waals surface area contributed by atoms with Crippen LogP contribution in [-0.4, -0.2) is 16.0 Å². The number of thioether (sulfide) groups is 1. The summed E-state index contributed by atoms with van der Waals surface area (Å²) < 4.78 is 18.9. The normalized spacial score (nSPS) is 15.6. The molecule has 4 nitrogen and oxygen atoms in total. The quantitative estimate of drug-likeness (QED) is 0.459. The van der Waals surface area contributed by atoms with Crippen molar-refractivity contribution >= 4 is 40.6 Å². The van der Waals surface area contributed by atoms with Crippen molar-refractivity contribution in [2.24, 2.45) is 0 Å². The van der Waals surface area contributed by atoms with Gasteiger partial charge in [-0.15, -0.1) is 0 Å². The number of furan rings is 1. The molecule has 29 heavy (non-hydrogen) atoms. The molecule has 1 aromatic heterocycles. The molecule has 4 rings (SSSR count). The van der Waals surface area contributed by atoms with Crippen molar-refractivity contribution in [1.29, 1.82) is 0 Å². The smallest absolute Gasteiger partial charge is 0.293 e. The molecule has 0 aliphatic carbocycles. The highest BCUT2D eigenvalue weighted by Gasteiger charge is 2.35. The van der Waals surface area contributed by atoms with E-state index in [1.54, 1.807) is 30.3 Å². The Morgan fingerprint density at radius 1 is 1.10 bits per heavy atom. The van der Waals surface area contributed by atoms with Gasteiger partial charge in [-0.25, -0.2) is 4.39 Å². The Balaban J connectivity index is 1.53. The minimum Gasteiger partial charge on any atom is -0.457 e. The van der Waals surface area contributed by atoms with Gasteiger partial charge in [-0.1, -0.05) is 35.9 Å². The first-order chi connectivity index (χ1) is 13.9. The van der Waals surface area contributed by atoms with Gasteiger partial charge in [-0.3, -0.25) is 14.5 Å². The maximum Gasteiger partial charge on any atom is 0.293 e. The molecule has 1 saturated heterocycles. The number of nitrogens with zero attached hydrogens (tertiary/aromatic N) is 1. The summed E-state index contributed by atoms with van der Waals surface area (Å²) in [4.78, 5) is 26.3. The molecule has 7 heteroatoms. The Morgan fingerprint density at radius 2 is 1.86 bits per heavy atom. The van der Waals surface area contributed by atoms with Crippen LogP contribution in [0.5, 0.6) is 0 Å². The number of rotatable bonds is 4. The van der Waals surface area contributed by atoms with Crippen LogP contribution < -0.4 is 0 Å². The van der Waals surface area contributed by atoms with Crippen molar-refractivity contribution < 1.29 is 18.4 Å². The zero-order valence-corrected chi connectivity index (χ0v) is 16.9. The lowest BCUT2D eigenvalue weighted by Crippen LogP contribution is -2.27. The molecule has 0 saturated carbocycles. The Bertz CT molecular complexity index is 1140. The topological polar surface area (TPSA) is 50.5 Å². The minimum atomic E-state index is -0.402. The van der Waals surface area contributed by atoms with E-state index in [2.05, 4.69) is 0 Å². The number of halogens is 2. The second kappa shape index (κ2) is 7.89. The van der Waals surface area contributed by atoms with E-state index in [1.165, 1.54) is 12.1 Å². The summed E-state index contributed by atoms with van der Waals surface area (Å²) >= 11 is 7.02. The van der Waals surface area contributed by atoms with E-state index < -0.39 is 5.91 Å². The minimum absolute atomic E-state index is 0.0908. The molecular weight excluding hydrogens is 413 g/mol. The van der Waals surface area contributed by atoms with Crippen LogP contribution in [0.3, 0.4) is 0 Å². The molecule has 1 aliphatic rings. The van der Waals surface area contributed by atoms with Crippen LogP contribution >= 0.6 is 23.4 Å². The van der Waals surface area contributed by atoms with Crippen LogP contribution in [0.1, 0.15) is 16.9 Å². The van der Waals surface area contributed by atoms with Gasteiger partial charge in [-0.05, 0) is 60.1 Å². The maximum atomic E-state index is 13.0. The molecule has 1 aliphatic heterocycles. The Morgan fingerprint density at radius 3 is 2.59 bits per heavy atom. The molecule has 0 radical (unpaired) electrons. The lowest BCUT2D eigenvalue weighted by atomic mass is 10.1. The summed E-state index contributed by atoms with van der Waals surface area (Å²) in [5.41, 5.74) is 2.47. The van der Waals surface area contributed by atoms with Crippen molar-refractivity contribution in [2.75, 3.05) is 0 Å². The highest BCUT2D eigenvalue weighted by atomic mass is 35.5. The summed E-state index contributed by atoms with van der Waals surface area (Å²) in [6.45, 7) is 2.01. The molecule has 0 N–H and O–H groups in total. The highest BCUT2D eigenvalue weighted by molar-refractivity contribution is 8.18. The van der Waals surface area contributed by atoms with Crippen molar-refractivity contribution in [1.82, 2.24) is 4.90 Å². The highest BCUT2D eigenvalue weighted by Crippen LogP contribution is 2.34. The first-order valence-electron chi connectivity index (χ1n) is 8.77. The zero-order chi connectivity index (χ0) is 20.5. The molecule has 2 aromatic carbocycles. The van der Waals surface area contributed by atoms with Crippen molar-refractivity contribution in [2.45, 2.75) is 13.5 Å². The van der Waals surface area contributed by atoms with Gasteiger partial charge in [0.15, 0.2) is 0 Å². The standard InChI is InChI=1S/C22H15ClFNO3S/c1-13-2-5-15(10-18(13)23)19-9-8-17(28-19)11-20-21(26)25(22(27)29-20)12-14-3-6-16(24)7-4-14/h2-11H,12H2,1H3/b20-11-. The number of benzene rings is 2. The van der Waals surface area contributed by atoms with Crippen molar-refractivity contribution in [3.05, 3.63) is 87.2 Å². The monoisotopic (exact) mass is 427 g/mol. The summed E-state index contributed by atoms with van der Waals surface area (Å²) in [5, 5.41) is 0.269. The third-order valence-electron chi connectivity index (χ3n) is 4.48. The fourth-order valence-electron chi connectivity index (χ4n) is 2.87. The van der Waals surface area contributed by atoms with Gasteiger partial charge >= 0.3 is 0 Å². The summed E-state index contributed by atoms with van der Waals surface area (Å²) in [7, 11) is 0. The molecule has 2 amide bonds. The zero-order valence-electron chi connectivity index (χ0n) is 15.3. The second-order valence-corrected chi connectivity index (χ2v) is 7.96. The predicted molar refractivity (Wildman–Crippen MR) is 112 cm³/mol. The lowest BCUT2D eigenvalue weighted by Gasteiger charge is -2.12. The third kappa shape index (κ3) is 4.13. The van der Waals surface area contributed by atoms with Crippen molar-refractivity contribution in [3.8, 4) is 11.3 Å². The van der Waals surface area contributed by atoms with E-state index in [-0.39, 0.29) is 22.5 Å². The van der Waals surface area contributed by atoms with Crippen LogP contribution in [0.4, 0.5) is 9.18 Å². The van der Waals surface area contributed by atoms with Gasteiger partial charge in [0.1, 0.15) is 17.3 Å². The average molecular weight is 428 g/mol. The van der Waals surface area contributed by atoms with Gasteiger partial charge in [0.05, 0.1) is 11.4 Å². The predicted octanol–water partition coefficient (Wildman–Crippen LogP) is 6.28. The van der Waals surface area contributed by atoms with Crippen molar-refractivity contribution in [3.63, 3.8) is 0 Å². The van der Waals surface area contributed by atoms with Gasteiger partial charge < -0.3 is 4.42 Å². The molecule has 0 unspecified atom stereocenters. The Kier molecular flexibility index (Phi) is 5.30. The summed E-state index contributed by atoms with van der Waals surface area (Å²) in [6.07, 6.45) is 1.55. The number of hydrogen-bond donors (Lipinski definition) is 0. The molecule has 146 valence electrons. The molecule has 0 bridgehead atoms.